The molecular weight excluding hydrogens is 356 g/mol. The first-order chi connectivity index (χ1) is 13.7. The molecule has 0 saturated carbocycles. The molecular formula is C20H20N6O2. The van der Waals surface area contributed by atoms with E-state index < -0.39 is 0 Å². The molecule has 0 aliphatic carbocycles. The number of rotatable bonds is 4. The maximum Gasteiger partial charge on any atom is 0.253 e. The van der Waals surface area contributed by atoms with Crippen molar-refractivity contribution in [2.45, 2.75) is 0 Å². The highest BCUT2D eigenvalue weighted by molar-refractivity contribution is 5.94. The number of carbonyl (C=O) groups excluding carboxylic acids is 1. The van der Waals surface area contributed by atoms with Gasteiger partial charge in [0, 0.05) is 55.8 Å². The molecule has 0 unspecified atom stereocenters. The summed E-state index contributed by atoms with van der Waals surface area (Å²) < 4.78 is 5.02. The minimum atomic E-state index is 0.0287. The van der Waals surface area contributed by atoms with Crippen LogP contribution in [0.1, 0.15) is 10.4 Å². The maximum absolute atomic E-state index is 12.8. The molecule has 1 fully saturated rings. The van der Waals surface area contributed by atoms with Gasteiger partial charge in [0.1, 0.15) is 0 Å². The number of ether oxygens (including phenoxy) is 1. The summed E-state index contributed by atoms with van der Waals surface area (Å²) in [7, 11) is 1.55. The van der Waals surface area contributed by atoms with Crippen LogP contribution in [0.2, 0.25) is 0 Å². The molecule has 8 heteroatoms. The lowest BCUT2D eigenvalue weighted by atomic mass is 10.1. The second-order valence-corrected chi connectivity index (χ2v) is 6.37. The van der Waals surface area contributed by atoms with E-state index in [2.05, 4.69) is 25.1 Å². The van der Waals surface area contributed by atoms with Crippen LogP contribution >= 0.6 is 0 Å². The second kappa shape index (κ2) is 7.99. The number of hydrogen-bond donors (Lipinski definition) is 0. The first-order valence-electron chi connectivity index (χ1n) is 9.04. The lowest BCUT2D eigenvalue weighted by Gasteiger charge is -2.34. The highest BCUT2D eigenvalue weighted by Gasteiger charge is 2.23. The lowest BCUT2D eigenvalue weighted by Crippen LogP contribution is -2.49. The summed E-state index contributed by atoms with van der Waals surface area (Å²) in [6.45, 7) is 2.72. The number of methoxy groups -OCH3 is 1. The van der Waals surface area contributed by atoms with Crippen LogP contribution in [-0.2, 0) is 0 Å². The zero-order valence-electron chi connectivity index (χ0n) is 15.5. The van der Waals surface area contributed by atoms with E-state index in [-0.39, 0.29) is 5.91 Å². The van der Waals surface area contributed by atoms with Crippen molar-refractivity contribution >= 4 is 11.9 Å². The quantitative estimate of drug-likeness (QED) is 0.688. The third-order valence-corrected chi connectivity index (χ3v) is 4.68. The Morgan fingerprint density at radius 1 is 0.929 bits per heavy atom. The standard InChI is InChI=1S/C20H20N6O2/c1-28-18-8-7-17(23-24-18)15-3-5-16(6-4-15)19(27)25-11-13-26(14-12-25)20-21-9-2-10-22-20/h2-10H,11-14H2,1H3. The van der Waals surface area contributed by atoms with Gasteiger partial charge in [-0.1, -0.05) is 12.1 Å². The number of aromatic nitrogens is 4. The van der Waals surface area contributed by atoms with E-state index in [1.54, 1.807) is 31.6 Å². The van der Waals surface area contributed by atoms with Gasteiger partial charge >= 0.3 is 0 Å². The topological polar surface area (TPSA) is 84.3 Å². The third-order valence-electron chi connectivity index (χ3n) is 4.68. The highest BCUT2D eigenvalue weighted by atomic mass is 16.5. The summed E-state index contributed by atoms with van der Waals surface area (Å²) in [6, 6.07) is 12.8. The fourth-order valence-electron chi connectivity index (χ4n) is 3.11. The predicted octanol–water partition coefficient (Wildman–Crippen LogP) is 1.90. The van der Waals surface area contributed by atoms with Gasteiger partial charge in [-0.25, -0.2) is 9.97 Å². The SMILES string of the molecule is COc1ccc(-c2ccc(C(=O)N3CCN(c4ncccn4)CC3)cc2)nn1. The van der Waals surface area contributed by atoms with E-state index >= 15 is 0 Å². The Morgan fingerprint density at radius 3 is 2.25 bits per heavy atom. The van der Waals surface area contributed by atoms with Crippen molar-refractivity contribution in [2.24, 2.45) is 0 Å². The maximum atomic E-state index is 12.8. The van der Waals surface area contributed by atoms with Crippen LogP contribution in [-0.4, -0.2) is 64.3 Å². The number of carbonyl (C=O) groups is 1. The molecule has 142 valence electrons. The van der Waals surface area contributed by atoms with Crippen molar-refractivity contribution in [3.63, 3.8) is 0 Å². The second-order valence-electron chi connectivity index (χ2n) is 6.37. The smallest absolute Gasteiger partial charge is 0.253 e. The van der Waals surface area contributed by atoms with E-state index in [9.17, 15) is 4.79 Å². The van der Waals surface area contributed by atoms with Crippen LogP contribution < -0.4 is 9.64 Å². The molecule has 3 heterocycles. The fraction of sp³-hybridized carbons (Fsp3) is 0.250. The van der Waals surface area contributed by atoms with Gasteiger partial charge in [0.05, 0.1) is 12.8 Å². The summed E-state index contributed by atoms with van der Waals surface area (Å²) >= 11 is 0. The normalized spacial score (nSPS) is 14.0. The Bertz CT molecular complexity index is 923. The van der Waals surface area contributed by atoms with Gasteiger partial charge in [0.15, 0.2) is 0 Å². The summed E-state index contributed by atoms with van der Waals surface area (Å²) in [6.07, 6.45) is 3.46. The van der Waals surface area contributed by atoms with Crippen molar-refractivity contribution in [3.05, 3.63) is 60.4 Å². The molecule has 1 aliphatic rings. The average molecular weight is 376 g/mol. The van der Waals surface area contributed by atoms with E-state index in [4.69, 9.17) is 4.74 Å². The summed E-state index contributed by atoms with van der Waals surface area (Å²) in [4.78, 5) is 25.3. The summed E-state index contributed by atoms with van der Waals surface area (Å²) in [5, 5.41) is 8.11. The average Bonchev–Trinajstić information content (AvgIpc) is 2.79. The van der Waals surface area contributed by atoms with Crippen LogP contribution in [0.15, 0.2) is 54.9 Å². The zero-order chi connectivity index (χ0) is 19.3. The first kappa shape index (κ1) is 17.8. The van der Waals surface area contributed by atoms with E-state index in [0.717, 1.165) is 24.3 Å². The zero-order valence-corrected chi connectivity index (χ0v) is 15.5. The molecule has 3 aromatic rings. The van der Waals surface area contributed by atoms with Crippen molar-refractivity contribution in [1.82, 2.24) is 25.1 Å². The molecule has 0 radical (unpaired) electrons. The molecule has 0 bridgehead atoms. The van der Waals surface area contributed by atoms with E-state index in [0.29, 0.717) is 30.5 Å². The Balaban J connectivity index is 1.40. The lowest BCUT2D eigenvalue weighted by molar-refractivity contribution is 0.0746. The summed E-state index contributed by atoms with van der Waals surface area (Å²) in [5.74, 6) is 1.20. The number of anilines is 1. The van der Waals surface area contributed by atoms with Crippen molar-refractivity contribution in [1.29, 1.82) is 0 Å². The van der Waals surface area contributed by atoms with Crippen LogP contribution in [0.3, 0.4) is 0 Å². The van der Waals surface area contributed by atoms with Gasteiger partial charge in [0.25, 0.3) is 5.91 Å². The molecule has 0 N–H and O–H groups in total. The van der Waals surface area contributed by atoms with Crippen LogP contribution in [0.25, 0.3) is 11.3 Å². The van der Waals surface area contributed by atoms with E-state index in [1.165, 1.54) is 0 Å². The molecule has 8 nitrogen and oxygen atoms in total. The molecule has 1 aromatic carbocycles. The Kier molecular flexibility index (Phi) is 5.09. The summed E-state index contributed by atoms with van der Waals surface area (Å²) in [5.41, 5.74) is 2.30. The van der Waals surface area contributed by atoms with Gasteiger partial charge in [-0.2, -0.15) is 0 Å². The van der Waals surface area contributed by atoms with Crippen LogP contribution in [0.4, 0.5) is 5.95 Å². The molecule has 1 amide bonds. The first-order valence-corrected chi connectivity index (χ1v) is 9.04. The van der Waals surface area contributed by atoms with Gasteiger partial charge in [-0.15, -0.1) is 10.2 Å². The van der Waals surface area contributed by atoms with E-state index in [1.807, 2.05) is 35.2 Å². The largest absolute Gasteiger partial charge is 0.480 e. The molecule has 0 atom stereocenters. The number of piperazine rings is 1. The van der Waals surface area contributed by atoms with Gasteiger partial charge in [-0.3, -0.25) is 4.79 Å². The Morgan fingerprint density at radius 2 is 1.64 bits per heavy atom. The van der Waals surface area contributed by atoms with Gasteiger partial charge < -0.3 is 14.5 Å². The van der Waals surface area contributed by atoms with Gasteiger partial charge in [0.2, 0.25) is 11.8 Å². The molecule has 28 heavy (non-hydrogen) atoms. The van der Waals surface area contributed by atoms with Gasteiger partial charge in [-0.05, 0) is 24.3 Å². The predicted molar refractivity (Wildman–Crippen MR) is 104 cm³/mol. The highest BCUT2D eigenvalue weighted by Crippen LogP contribution is 2.19. The fourth-order valence-corrected chi connectivity index (χ4v) is 3.11. The van der Waals surface area contributed by atoms with Crippen LogP contribution in [0, 0.1) is 0 Å². The minimum Gasteiger partial charge on any atom is -0.480 e. The molecule has 1 aliphatic heterocycles. The number of hydrogen-bond acceptors (Lipinski definition) is 7. The monoisotopic (exact) mass is 376 g/mol. The number of nitrogens with zero attached hydrogens (tertiary/aromatic N) is 6. The minimum absolute atomic E-state index is 0.0287. The molecule has 2 aromatic heterocycles. The number of benzene rings is 1. The molecule has 4 rings (SSSR count). The number of amides is 1. The van der Waals surface area contributed by atoms with Crippen molar-refractivity contribution < 1.29 is 9.53 Å². The van der Waals surface area contributed by atoms with Crippen LogP contribution in [0.5, 0.6) is 5.88 Å². The Hall–Kier alpha value is -3.55. The van der Waals surface area contributed by atoms with Crippen molar-refractivity contribution in [2.75, 3.05) is 38.2 Å². The molecule has 1 saturated heterocycles. The van der Waals surface area contributed by atoms with Crippen molar-refractivity contribution in [3.8, 4) is 17.1 Å². The Labute approximate surface area is 162 Å². The molecule has 0 spiro atoms. The third kappa shape index (κ3) is 3.75.